The standard InChI is InChI=1S/C17H27FN2/c1-3-19-13-14-12-15(18)10-11-17(14)20(4-2)16-8-6-5-7-9-16/h10-12,16,19H,3-9,13H2,1-2H3. The van der Waals surface area contributed by atoms with Crippen molar-refractivity contribution in [3.8, 4) is 0 Å². The van der Waals surface area contributed by atoms with Gasteiger partial charge in [-0.15, -0.1) is 0 Å². The molecule has 0 aliphatic heterocycles. The van der Waals surface area contributed by atoms with Crippen molar-refractivity contribution < 1.29 is 4.39 Å². The Labute approximate surface area is 122 Å². The first-order chi connectivity index (χ1) is 9.76. The fraction of sp³-hybridized carbons (Fsp3) is 0.647. The molecule has 1 fully saturated rings. The van der Waals surface area contributed by atoms with Crippen LogP contribution >= 0.6 is 0 Å². The van der Waals surface area contributed by atoms with Gasteiger partial charge in [0.1, 0.15) is 5.82 Å². The van der Waals surface area contributed by atoms with Gasteiger partial charge in [0.25, 0.3) is 0 Å². The van der Waals surface area contributed by atoms with Crippen LogP contribution in [0.1, 0.15) is 51.5 Å². The Morgan fingerprint density at radius 1 is 1.20 bits per heavy atom. The minimum absolute atomic E-state index is 0.138. The van der Waals surface area contributed by atoms with E-state index in [1.807, 2.05) is 6.07 Å². The fourth-order valence-corrected chi connectivity index (χ4v) is 3.25. The molecule has 0 atom stereocenters. The van der Waals surface area contributed by atoms with Gasteiger partial charge in [-0.3, -0.25) is 0 Å². The summed E-state index contributed by atoms with van der Waals surface area (Å²) < 4.78 is 13.5. The Bertz CT molecular complexity index is 413. The van der Waals surface area contributed by atoms with Crippen molar-refractivity contribution >= 4 is 5.69 Å². The van der Waals surface area contributed by atoms with Crippen LogP contribution < -0.4 is 10.2 Å². The molecule has 3 heteroatoms. The van der Waals surface area contributed by atoms with Crippen LogP contribution in [0.15, 0.2) is 18.2 Å². The molecule has 0 amide bonds. The Morgan fingerprint density at radius 3 is 2.60 bits per heavy atom. The largest absolute Gasteiger partial charge is 0.369 e. The Hall–Kier alpha value is -1.09. The molecular formula is C17H27FN2. The molecule has 1 saturated carbocycles. The normalized spacial score (nSPS) is 16.4. The van der Waals surface area contributed by atoms with E-state index in [-0.39, 0.29) is 5.82 Å². The summed E-state index contributed by atoms with van der Waals surface area (Å²) in [5, 5.41) is 3.32. The second-order valence-corrected chi connectivity index (χ2v) is 5.63. The monoisotopic (exact) mass is 278 g/mol. The van der Waals surface area contributed by atoms with E-state index in [2.05, 4.69) is 24.1 Å². The van der Waals surface area contributed by atoms with Crippen LogP contribution in [-0.2, 0) is 6.54 Å². The molecule has 112 valence electrons. The first-order valence-corrected chi connectivity index (χ1v) is 8.02. The van der Waals surface area contributed by atoms with Crippen molar-refractivity contribution in [2.75, 3.05) is 18.0 Å². The van der Waals surface area contributed by atoms with E-state index in [9.17, 15) is 4.39 Å². The lowest BCUT2D eigenvalue weighted by Crippen LogP contribution is -2.37. The van der Waals surface area contributed by atoms with E-state index in [4.69, 9.17) is 0 Å². The minimum Gasteiger partial charge on any atom is -0.369 e. The van der Waals surface area contributed by atoms with E-state index < -0.39 is 0 Å². The van der Waals surface area contributed by atoms with Crippen molar-refractivity contribution in [3.63, 3.8) is 0 Å². The third-order valence-electron chi connectivity index (χ3n) is 4.27. The molecule has 1 N–H and O–H groups in total. The lowest BCUT2D eigenvalue weighted by molar-refractivity contribution is 0.417. The molecule has 0 bridgehead atoms. The molecule has 0 aromatic heterocycles. The molecule has 1 aliphatic carbocycles. The predicted octanol–water partition coefficient (Wildman–Crippen LogP) is 4.09. The summed E-state index contributed by atoms with van der Waals surface area (Å²) in [5.74, 6) is -0.138. The van der Waals surface area contributed by atoms with Gasteiger partial charge in [0, 0.05) is 24.8 Å². The smallest absolute Gasteiger partial charge is 0.123 e. The molecule has 0 saturated heterocycles. The number of nitrogens with one attached hydrogen (secondary N) is 1. The summed E-state index contributed by atoms with van der Waals surface area (Å²) in [6, 6.07) is 5.86. The van der Waals surface area contributed by atoms with E-state index >= 15 is 0 Å². The summed E-state index contributed by atoms with van der Waals surface area (Å²) in [6.45, 7) is 6.93. The highest BCUT2D eigenvalue weighted by Gasteiger charge is 2.22. The van der Waals surface area contributed by atoms with Crippen LogP contribution in [0.4, 0.5) is 10.1 Å². The lowest BCUT2D eigenvalue weighted by atomic mass is 9.93. The van der Waals surface area contributed by atoms with Gasteiger partial charge in [0.15, 0.2) is 0 Å². The van der Waals surface area contributed by atoms with E-state index in [1.165, 1.54) is 37.8 Å². The number of hydrogen-bond donors (Lipinski definition) is 1. The predicted molar refractivity (Wildman–Crippen MR) is 83.7 cm³/mol. The molecular weight excluding hydrogens is 251 g/mol. The topological polar surface area (TPSA) is 15.3 Å². The zero-order valence-electron chi connectivity index (χ0n) is 12.8. The molecule has 20 heavy (non-hydrogen) atoms. The quantitative estimate of drug-likeness (QED) is 0.843. The fourth-order valence-electron chi connectivity index (χ4n) is 3.25. The molecule has 0 heterocycles. The Kier molecular flexibility index (Phi) is 5.84. The number of hydrogen-bond acceptors (Lipinski definition) is 2. The maximum absolute atomic E-state index is 13.5. The minimum atomic E-state index is -0.138. The zero-order chi connectivity index (χ0) is 14.4. The van der Waals surface area contributed by atoms with Crippen LogP contribution in [0.25, 0.3) is 0 Å². The number of nitrogens with zero attached hydrogens (tertiary/aromatic N) is 1. The summed E-state index contributed by atoms with van der Waals surface area (Å²) in [5.41, 5.74) is 2.29. The average molecular weight is 278 g/mol. The summed E-state index contributed by atoms with van der Waals surface area (Å²) >= 11 is 0. The van der Waals surface area contributed by atoms with Crippen molar-refractivity contribution in [1.29, 1.82) is 0 Å². The molecule has 0 spiro atoms. The van der Waals surface area contributed by atoms with Crippen molar-refractivity contribution in [3.05, 3.63) is 29.6 Å². The highest BCUT2D eigenvalue weighted by atomic mass is 19.1. The summed E-state index contributed by atoms with van der Waals surface area (Å²) in [6.07, 6.45) is 6.55. The van der Waals surface area contributed by atoms with Gasteiger partial charge in [-0.05, 0) is 50.1 Å². The molecule has 1 aliphatic rings. The molecule has 2 nitrogen and oxygen atoms in total. The van der Waals surface area contributed by atoms with Crippen LogP contribution in [-0.4, -0.2) is 19.1 Å². The SMILES string of the molecule is CCNCc1cc(F)ccc1N(CC)C1CCCCC1. The molecule has 1 aromatic carbocycles. The maximum Gasteiger partial charge on any atom is 0.123 e. The van der Waals surface area contributed by atoms with Gasteiger partial charge < -0.3 is 10.2 Å². The van der Waals surface area contributed by atoms with Gasteiger partial charge in [0.05, 0.1) is 0 Å². The number of benzene rings is 1. The van der Waals surface area contributed by atoms with E-state index in [0.29, 0.717) is 6.04 Å². The first-order valence-electron chi connectivity index (χ1n) is 8.02. The van der Waals surface area contributed by atoms with Crippen LogP contribution in [0, 0.1) is 5.82 Å². The third kappa shape index (κ3) is 3.72. The van der Waals surface area contributed by atoms with Crippen molar-refractivity contribution in [2.24, 2.45) is 0 Å². The number of anilines is 1. The molecule has 0 radical (unpaired) electrons. The van der Waals surface area contributed by atoms with Gasteiger partial charge in [-0.1, -0.05) is 26.2 Å². The molecule has 1 aromatic rings. The van der Waals surface area contributed by atoms with Gasteiger partial charge in [-0.2, -0.15) is 0 Å². The Morgan fingerprint density at radius 2 is 1.95 bits per heavy atom. The summed E-state index contributed by atoms with van der Waals surface area (Å²) in [4.78, 5) is 2.48. The highest BCUT2D eigenvalue weighted by Crippen LogP contribution is 2.30. The maximum atomic E-state index is 13.5. The van der Waals surface area contributed by atoms with Gasteiger partial charge in [0.2, 0.25) is 0 Å². The van der Waals surface area contributed by atoms with E-state index in [0.717, 1.165) is 25.2 Å². The second kappa shape index (κ2) is 7.63. The second-order valence-electron chi connectivity index (χ2n) is 5.63. The molecule has 0 unspecified atom stereocenters. The van der Waals surface area contributed by atoms with Gasteiger partial charge in [-0.25, -0.2) is 4.39 Å². The van der Waals surface area contributed by atoms with Crippen LogP contribution in [0.5, 0.6) is 0 Å². The molecule has 2 rings (SSSR count). The Balaban J connectivity index is 2.22. The lowest BCUT2D eigenvalue weighted by Gasteiger charge is -2.36. The van der Waals surface area contributed by atoms with Crippen LogP contribution in [0.3, 0.4) is 0 Å². The highest BCUT2D eigenvalue weighted by molar-refractivity contribution is 5.54. The third-order valence-corrected chi connectivity index (χ3v) is 4.27. The van der Waals surface area contributed by atoms with Crippen LogP contribution in [0.2, 0.25) is 0 Å². The number of halogens is 1. The van der Waals surface area contributed by atoms with E-state index in [1.54, 1.807) is 12.1 Å². The average Bonchev–Trinajstić information content (AvgIpc) is 2.49. The zero-order valence-corrected chi connectivity index (χ0v) is 12.8. The number of rotatable bonds is 6. The first kappa shape index (κ1) is 15.3. The van der Waals surface area contributed by atoms with Crippen molar-refractivity contribution in [2.45, 2.75) is 58.5 Å². The summed E-state index contributed by atoms with van der Waals surface area (Å²) in [7, 11) is 0. The van der Waals surface area contributed by atoms with Crippen molar-refractivity contribution in [1.82, 2.24) is 5.32 Å². The van der Waals surface area contributed by atoms with Gasteiger partial charge >= 0.3 is 0 Å².